The standard InChI is InChI=1S/C17H23N3O/c1-3-14-7-5-4-6-10-20(14)17(21)13-8-9-15-16(11-13)19-12(2)18-15/h8-9,11,14H,3-7,10H2,1-2H3,(H,18,19)/t14-/m0/s1. The normalized spacial score (nSPS) is 19.7. The van der Waals surface area contributed by atoms with Crippen LogP contribution in [0.2, 0.25) is 0 Å². The number of aromatic amines is 1. The number of nitrogens with one attached hydrogen (secondary N) is 1. The Morgan fingerprint density at radius 2 is 2.24 bits per heavy atom. The first kappa shape index (κ1) is 14.1. The first-order valence-electron chi connectivity index (χ1n) is 7.96. The fraction of sp³-hybridized carbons (Fsp3) is 0.529. The van der Waals surface area contributed by atoms with E-state index in [1.54, 1.807) is 0 Å². The van der Waals surface area contributed by atoms with Crippen molar-refractivity contribution in [3.05, 3.63) is 29.6 Å². The monoisotopic (exact) mass is 285 g/mol. The van der Waals surface area contributed by atoms with Crippen molar-refractivity contribution >= 4 is 16.9 Å². The van der Waals surface area contributed by atoms with Crippen LogP contribution in [0.1, 0.15) is 55.2 Å². The third-order valence-corrected chi connectivity index (χ3v) is 4.46. The molecule has 0 unspecified atom stereocenters. The number of hydrogen-bond acceptors (Lipinski definition) is 2. The summed E-state index contributed by atoms with van der Waals surface area (Å²) in [6.45, 7) is 5.00. The van der Waals surface area contributed by atoms with Crippen LogP contribution in [0.4, 0.5) is 0 Å². The molecule has 3 rings (SSSR count). The Hall–Kier alpha value is -1.84. The zero-order valence-corrected chi connectivity index (χ0v) is 12.9. The number of benzene rings is 1. The number of carbonyl (C=O) groups excluding carboxylic acids is 1. The zero-order chi connectivity index (χ0) is 14.8. The van der Waals surface area contributed by atoms with Gasteiger partial charge in [-0.25, -0.2) is 4.98 Å². The molecule has 0 saturated carbocycles. The van der Waals surface area contributed by atoms with E-state index in [2.05, 4.69) is 21.8 Å². The summed E-state index contributed by atoms with van der Waals surface area (Å²) in [5.74, 6) is 1.05. The molecule has 21 heavy (non-hydrogen) atoms. The van der Waals surface area contributed by atoms with Crippen molar-refractivity contribution in [2.75, 3.05) is 6.54 Å². The fourth-order valence-electron chi connectivity index (χ4n) is 3.31. The van der Waals surface area contributed by atoms with Gasteiger partial charge in [0.25, 0.3) is 5.91 Å². The summed E-state index contributed by atoms with van der Waals surface area (Å²) in [6, 6.07) is 6.17. The van der Waals surface area contributed by atoms with E-state index >= 15 is 0 Å². The van der Waals surface area contributed by atoms with E-state index in [0.29, 0.717) is 6.04 Å². The Kier molecular flexibility index (Phi) is 3.95. The SMILES string of the molecule is CC[C@H]1CCCCCN1C(=O)c1ccc2nc(C)[nH]c2c1. The summed E-state index contributed by atoms with van der Waals surface area (Å²) in [5, 5.41) is 0. The lowest BCUT2D eigenvalue weighted by molar-refractivity contribution is 0.0678. The lowest BCUT2D eigenvalue weighted by Gasteiger charge is -2.29. The molecule has 0 bridgehead atoms. The molecule has 4 nitrogen and oxygen atoms in total. The van der Waals surface area contributed by atoms with Gasteiger partial charge in [0.2, 0.25) is 0 Å². The van der Waals surface area contributed by atoms with Crippen molar-refractivity contribution in [3.63, 3.8) is 0 Å². The molecule has 1 atom stereocenters. The van der Waals surface area contributed by atoms with Crippen molar-refractivity contribution in [2.45, 2.75) is 52.0 Å². The average Bonchev–Trinajstić information content (AvgIpc) is 2.71. The minimum atomic E-state index is 0.165. The maximum atomic E-state index is 12.9. The smallest absolute Gasteiger partial charge is 0.254 e. The van der Waals surface area contributed by atoms with Crippen molar-refractivity contribution in [3.8, 4) is 0 Å². The second-order valence-corrected chi connectivity index (χ2v) is 5.96. The molecule has 112 valence electrons. The number of imidazole rings is 1. The van der Waals surface area contributed by atoms with Crippen molar-refractivity contribution in [1.82, 2.24) is 14.9 Å². The van der Waals surface area contributed by atoms with Gasteiger partial charge in [-0.05, 0) is 44.4 Å². The average molecular weight is 285 g/mol. The fourth-order valence-corrected chi connectivity index (χ4v) is 3.31. The highest BCUT2D eigenvalue weighted by atomic mass is 16.2. The topological polar surface area (TPSA) is 49.0 Å². The molecule has 1 amide bonds. The molecule has 2 aromatic rings. The van der Waals surface area contributed by atoms with Gasteiger partial charge in [-0.15, -0.1) is 0 Å². The quantitative estimate of drug-likeness (QED) is 0.915. The molecule has 1 saturated heterocycles. The van der Waals surface area contributed by atoms with Gasteiger partial charge in [0, 0.05) is 18.2 Å². The summed E-state index contributed by atoms with van der Waals surface area (Å²) in [6.07, 6.45) is 5.76. The molecule has 0 spiro atoms. The second-order valence-electron chi connectivity index (χ2n) is 5.96. The molecule has 4 heteroatoms. The Labute approximate surface area is 125 Å². The van der Waals surface area contributed by atoms with Crippen LogP contribution in [0, 0.1) is 6.92 Å². The summed E-state index contributed by atoms with van der Waals surface area (Å²) in [7, 11) is 0. The number of hydrogen-bond donors (Lipinski definition) is 1. The number of aryl methyl sites for hydroxylation is 1. The van der Waals surface area contributed by atoms with Gasteiger partial charge in [-0.3, -0.25) is 4.79 Å². The summed E-state index contributed by atoms with van der Waals surface area (Å²) < 4.78 is 0. The van der Waals surface area contributed by atoms with Crippen molar-refractivity contribution in [1.29, 1.82) is 0 Å². The number of fused-ring (bicyclic) bond motifs is 1. The van der Waals surface area contributed by atoms with E-state index < -0.39 is 0 Å². The van der Waals surface area contributed by atoms with Crippen LogP contribution in [0.5, 0.6) is 0 Å². The van der Waals surface area contributed by atoms with Gasteiger partial charge in [-0.1, -0.05) is 19.8 Å². The van der Waals surface area contributed by atoms with Crippen LogP contribution in [0.3, 0.4) is 0 Å². The lowest BCUT2D eigenvalue weighted by Crippen LogP contribution is -2.39. The third kappa shape index (κ3) is 2.80. The predicted octanol–water partition coefficient (Wildman–Crippen LogP) is 3.67. The maximum absolute atomic E-state index is 12.9. The van der Waals surface area contributed by atoms with E-state index in [-0.39, 0.29) is 5.91 Å². The van der Waals surface area contributed by atoms with Gasteiger partial charge in [0.15, 0.2) is 0 Å². The van der Waals surface area contributed by atoms with E-state index in [9.17, 15) is 4.79 Å². The Bertz CT molecular complexity index is 647. The Morgan fingerprint density at radius 1 is 1.38 bits per heavy atom. The molecule has 1 aliphatic rings. The third-order valence-electron chi connectivity index (χ3n) is 4.46. The number of aromatic nitrogens is 2. The molecular formula is C17H23N3O. The van der Waals surface area contributed by atoms with Crippen LogP contribution in [0.15, 0.2) is 18.2 Å². The molecule has 2 heterocycles. The van der Waals surface area contributed by atoms with Crippen molar-refractivity contribution in [2.24, 2.45) is 0 Å². The number of amides is 1. The molecule has 0 radical (unpaired) electrons. The largest absolute Gasteiger partial charge is 0.342 e. The Balaban J connectivity index is 1.90. The highest BCUT2D eigenvalue weighted by Gasteiger charge is 2.25. The van der Waals surface area contributed by atoms with Gasteiger partial charge in [-0.2, -0.15) is 0 Å². The van der Waals surface area contributed by atoms with Gasteiger partial charge in [0.05, 0.1) is 11.0 Å². The molecular weight excluding hydrogens is 262 g/mol. The summed E-state index contributed by atoms with van der Waals surface area (Å²) in [5.41, 5.74) is 2.64. The van der Waals surface area contributed by atoms with Gasteiger partial charge >= 0.3 is 0 Å². The first-order valence-corrected chi connectivity index (χ1v) is 7.96. The number of H-pyrrole nitrogens is 1. The lowest BCUT2D eigenvalue weighted by atomic mass is 10.1. The van der Waals surface area contributed by atoms with Crippen LogP contribution in [-0.4, -0.2) is 33.4 Å². The molecule has 1 fully saturated rings. The van der Waals surface area contributed by atoms with Gasteiger partial charge < -0.3 is 9.88 Å². The highest BCUT2D eigenvalue weighted by Crippen LogP contribution is 2.22. The number of nitrogens with zero attached hydrogens (tertiary/aromatic N) is 2. The van der Waals surface area contributed by atoms with Crippen molar-refractivity contribution < 1.29 is 4.79 Å². The van der Waals surface area contributed by atoms with Crippen LogP contribution < -0.4 is 0 Å². The van der Waals surface area contributed by atoms with E-state index in [1.165, 1.54) is 12.8 Å². The minimum absolute atomic E-state index is 0.165. The van der Waals surface area contributed by atoms with Crippen LogP contribution >= 0.6 is 0 Å². The number of carbonyl (C=O) groups is 1. The summed E-state index contributed by atoms with van der Waals surface area (Å²) in [4.78, 5) is 22.5. The van der Waals surface area contributed by atoms with Gasteiger partial charge in [0.1, 0.15) is 5.82 Å². The van der Waals surface area contributed by atoms with Crippen LogP contribution in [-0.2, 0) is 0 Å². The highest BCUT2D eigenvalue weighted by molar-refractivity contribution is 5.97. The Morgan fingerprint density at radius 3 is 3.05 bits per heavy atom. The second kappa shape index (κ2) is 5.88. The van der Waals surface area contributed by atoms with E-state index in [1.807, 2.05) is 25.1 Å². The number of rotatable bonds is 2. The maximum Gasteiger partial charge on any atom is 0.254 e. The first-order chi connectivity index (χ1) is 10.2. The van der Waals surface area contributed by atoms with E-state index in [4.69, 9.17) is 0 Å². The molecule has 0 aliphatic carbocycles. The molecule has 1 aliphatic heterocycles. The minimum Gasteiger partial charge on any atom is -0.342 e. The predicted molar refractivity (Wildman–Crippen MR) is 84.4 cm³/mol. The van der Waals surface area contributed by atoms with Crippen LogP contribution in [0.25, 0.3) is 11.0 Å². The number of likely N-dealkylation sites (tertiary alicyclic amines) is 1. The van der Waals surface area contributed by atoms with E-state index in [0.717, 1.165) is 48.2 Å². The molecule has 1 aromatic heterocycles. The summed E-state index contributed by atoms with van der Waals surface area (Å²) >= 11 is 0. The molecule has 1 aromatic carbocycles. The zero-order valence-electron chi connectivity index (χ0n) is 12.9. The molecule has 1 N–H and O–H groups in total.